The number of anilines is 2. The Bertz CT molecular complexity index is 1380. The minimum Gasteiger partial charge on any atom is -0.497 e. The second-order valence-corrected chi connectivity index (χ2v) is 12.7. The van der Waals surface area contributed by atoms with Crippen LogP contribution in [0.25, 0.3) is 0 Å². The number of carbonyl (C=O) groups excluding carboxylic acids is 1. The van der Waals surface area contributed by atoms with Gasteiger partial charge in [-0.1, -0.05) is 0 Å². The SMILES string of the molecule is C1CNCCN(C2CC2)C1.COc1cc(CCc2cc(NC(=O)c3cnc(N4CCCN(C5CC5)CC4)cn3)n[nH]2)cc(OC)c1. The van der Waals surface area contributed by atoms with Gasteiger partial charge in [0, 0.05) is 69.2 Å². The Balaban J connectivity index is 0.000000314. The van der Waals surface area contributed by atoms with Crippen molar-refractivity contribution in [3.05, 3.63) is 53.6 Å². The van der Waals surface area contributed by atoms with Crippen LogP contribution in [0.15, 0.2) is 36.7 Å². The fourth-order valence-electron chi connectivity index (χ4n) is 6.27. The van der Waals surface area contributed by atoms with Gasteiger partial charge in [0.1, 0.15) is 23.0 Å². The molecule has 7 rings (SSSR count). The molecular weight excluding hydrogens is 582 g/mol. The van der Waals surface area contributed by atoms with E-state index in [1.807, 2.05) is 24.3 Å². The molecule has 0 bridgehead atoms. The van der Waals surface area contributed by atoms with Gasteiger partial charge in [0.25, 0.3) is 5.91 Å². The Kier molecular flexibility index (Phi) is 11.0. The molecule has 2 saturated heterocycles. The van der Waals surface area contributed by atoms with Crippen molar-refractivity contribution < 1.29 is 14.3 Å². The number of H-pyrrole nitrogens is 1. The van der Waals surface area contributed by atoms with Crippen molar-refractivity contribution in [3.63, 3.8) is 0 Å². The van der Waals surface area contributed by atoms with E-state index in [9.17, 15) is 4.79 Å². The van der Waals surface area contributed by atoms with E-state index >= 15 is 0 Å². The van der Waals surface area contributed by atoms with E-state index in [2.05, 4.69) is 45.5 Å². The number of hydrogen-bond acceptors (Lipinski definition) is 10. The van der Waals surface area contributed by atoms with Crippen molar-refractivity contribution in [2.75, 3.05) is 76.8 Å². The molecular formula is C34H49N9O3. The molecule has 0 spiro atoms. The number of benzene rings is 1. The smallest absolute Gasteiger partial charge is 0.277 e. The van der Waals surface area contributed by atoms with Crippen LogP contribution in [0, 0.1) is 0 Å². The Morgan fingerprint density at radius 2 is 1.57 bits per heavy atom. The molecule has 46 heavy (non-hydrogen) atoms. The molecule has 0 unspecified atom stereocenters. The number of methoxy groups -OCH3 is 2. The number of hydrogen-bond donors (Lipinski definition) is 3. The van der Waals surface area contributed by atoms with Crippen LogP contribution < -0.4 is 25.0 Å². The predicted molar refractivity (Wildman–Crippen MR) is 179 cm³/mol. The van der Waals surface area contributed by atoms with Gasteiger partial charge < -0.3 is 25.0 Å². The van der Waals surface area contributed by atoms with E-state index in [0.717, 1.165) is 86.1 Å². The van der Waals surface area contributed by atoms with Crippen molar-refractivity contribution >= 4 is 17.5 Å². The van der Waals surface area contributed by atoms with Gasteiger partial charge in [-0.2, -0.15) is 5.10 Å². The minimum atomic E-state index is -0.333. The number of carbonyl (C=O) groups is 1. The fraction of sp³-hybridized carbons (Fsp3) is 0.588. The molecule has 3 N–H and O–H groups in total. The Morgan fingerprint density at radius 1 is 0.826 bits per heavy atom. The predicted octanol–water partition coefficient (Wildman–Crippen LogP) is 3.37. The zero-order valence-corrected chi connectivity index (χ0v) is 27.3. The first-order chi connectivity index (χ1) is 22.6. The van der Waals surface area contributed by atoms with Crippen molar-refractivity contribution in [1.82, 2.24) is 35.3 Å². The summed E-state index contributed by atoms with van der Waals surface area (Å²) in [5.41, 5.74) is 2.27. The maximum Gasteiger partial charge on any atom is 0.277 e. The third-order valence-electron chi connectivity index (χ3n) is 9.19. The Morgan fingerprint density at radius 3 is 2.26 bits per heavy atom. The van der Waals surface area contributed by atoms with E-state index < -0.39 is 0 Å². The number of rotatable bonds is 10. The minimum absolute atomic E-state index is 0.265. The molecule has 2 aliphatic carbocycles. The second-order valence-electron chi connectivity index (χ2n) is 12.7. The van der Waals surface area contributed by atoms with Gasteiger partial charge >= 0.3 is 0 Å². The fourth-order valence-corrected chi connectivity index (χ4v) is 6.27. The quantitative estimate of drug-likeness (QED) is 0.307. The largest absolute Gasteiger partial charge is 0.497 e. The lowest BCUT2D eigenvalue weighted by Crippen LogP contribution is -2.32. The average Bonchev–Trinajstić information content (AvgIpc) is 3.99. The summed E-state index contributed by atoms with van der Waals surface area (Å²) in [4.78, 5) is 29.1. The van der Waals surface area contributed by atoms with Crippen molar-refractivity contribution in [2.24, 2.45) is 0 Å². The van der Waals surface area contributed by atoms with Crippen LogP contribution in [0.3, 0.4) is 0 Å². The molecule has 12 nitrogen and oxygen atoms in total. The molecule has 4 heterocycles. The molecule has 1 aromatic carbocycles. The van der Waals surface area contributed by atoms with Gasteiger partial charge in [-0.15, -0.1) is 0 Å². The lowest BCUT2D eigenvalue weighted by Gasteiger charge is -2.22. The molecule has 4 aliphatic rings. The summed E-state index contributed by atoms with van der Waals surface area (Å²) in [7, 11) is 3.27. The molecule has 2 aliphatic heterocycles. The van der Waals surface area contributed by atoms with Crippen molar-refractivity contribution in [3.8, 4) is 11.5 Å². The first-order valence-electron chi connectivity index (χ1n) is 16.9. The second kappa shape index (κ2) is 15.7. The molecule has 4 fully saturated rings. The summed E-state index contributed by atoms with van der Waals surface area (Å²) in [6.45, 7) is 9.15. The van der Waals surface area contributed by atoms with Crippen LogP contribution in [-0.2, 0) is 12.8 Å². The lowest BCUT2D eigenvalue weighted by molar-refractivity contribution is 0.102. The van der Waals surface area contributed by atoms with Crippen LogP contribution in [0.5, 0.6) is 11.5 Å². The third-order valence-corrected chi connectivity index (χ3v) is 9.19. The first-order valence-corrected chi connectivity index (χ1v) is 16.9. The molecule has 0 radical (unpaired) electrons. The Labute approximate surface area is 272 Å². The van der Waals surface area contributed by atoms with Gasteiger partial charge in [0.05, 0.1) is 26.6 Å². The number of amides is 1. The van der Waals surface area contributed by atoms with Crippen LogP contribution in [0.2, 0.25) is 0 Å². The van der Waals surface area contributed by atoms with E-state index in [1.54, 1.807) is 20.4 Å². The van der Waals surface area contributed by atoms with E-state index in [0.29, 0.717) is 5.82 Å². The number of aromatic amines is 1. The molecule has 12 heteroatoms. The lowest BCUT2D eigenvalue weighted by atomic mass is 10.1. The molecule has 2 aromatic heterocycles. The number of aromatic nitrogens is 4. The maximum absolute atomic E-state index is 12.7. The summed E-state index contributed by atoms with van der Waals surface area (Å²) in [5, 5.41) is 13.4. The van der Waals surface area contributed by atoms with Crippen LogP contribution in [0.1, 0.15) is 60.3 Å². The molecule has 0 atom stereocenters. The average molecular weight is 632 g/mol. The monoisotopic (exact) mass is 631 g/mol. The molecule has 3 aromatic rings. The highest BCUT2D eigenvalue weighted by Crippen LogP contribution is 2.28. The van der Waals surface area contributed by atoms with E-state index in [-0.39, 0.29) is 11.6 Å². The zero-order chi connectivity index (χ0) is 31.7. The number of aryl methyl sites for hydroxylation is 2. The third kappa shape index (κ3) is 9.17. The van der Waals surface area contributed by atoms with Crippen LogP contribution >= 0.6 is 0 Å². The summed E-state index contributed by atoms with van der Waals surface area (Å²) >= 11 is 0. The van der Waals surface area contributed by atoms with Crippen molar-refractivity contribution in [1.29, 1.82) is 0 Å². The summed E-state index contributed by atoms with van der Waals surface area (Å²) in [5.74, 6) is 2.45. The summed E-state index contributed by atoms with van der Waals surface area (Å²) < 4.78 is 10.7. The first kappa shape index (κ1) is 32.2. The van der Waals surface area contributed by atoms with Gasteiger partial charge in [-0.05, 0) is 82.2 Å². The highest BCUT2D eigenvalue weighted by atomic mass is 16.5. The van der Waals surface area contributed by atoms with Gasteiger partial charge in [0.2, 0.25) is 0 Å². The van der Waals surface area contributed by atoms with Crippen LogP contribution in [-0.4, -0.2) is 115 Å². The summed E-state index contributed by atoms with van der Waals surface area (Å²) in [6, 6.07) is 9.41. The summed E-state index contributed by atoms with van der Waals surface area (Å²) in [6.07, 6.45) is 12.8. The number of nitrogens with one attached hydrogen (secondary N) is 3. The van der Waals surface area contributed by atoms with Gasteiger partial charge in [0.15, 0.2) is 5.82 Å². The number of ether oxygens (including phenoxy) is 2. The molecule has 248 valence electrons. The van der Waals surface area contributed by atoms with Crippen LogP contribution in [0.4, 0.5) is 11.6 Å². The van der Waals surface area contributed by atoms with Crippen molar-refractivity contribution in [2.45, 2.75) is 63.5 Å². The maximum atomic E-state index is 12.7. The highest BCUT2D eigenvalue weighted by molar-refractivity contribution is 6.02. The zero-order valence-electron chi connectivity index (χ0n) is 27.3. The van der Waals surface area contributed by atoms with E-state index in [1.165, 1.54) is 64.5 Å². The van der Waals surface area contributed by atoms with Gasteiger partial charge in [-0.3, -0.25) is 19.7 Å². The topological polar surface area (TPSA) is 124 Å². The Hall–Kier alpha value is -3.74. The van der Waals surface area contributed by atoms with E-state index in [4.69, 9.17) is 9.47 Å². The normalized spacial score (nSPS) is 19.4. The molecule has 2 saturated carbocycles. The van der Waals surface area contributed by atoms with Gasteiger partial charge in [-0.25, -0.2) is 9.97 Å². The number of nitrogens with zero attached hydrogens (tertiary/aromatic N) is 6. The highest BCUT2D eigenvalue weighted by Gasteiger charge is 2.30. The molecule has 1 amide bonds. The standard InChI is InChI=1S/C26H33N7O3.C8H16N2/c1-35-21-12-18(13-22(15-21)36-2)4-5-19-14-24(31-30-19)29-26(34)23-16-28-25(17-27-23)33-9-3-8-32(10-11-33)20-6-7-20;1-4-9-5-7-10(6-1)8-2-3-8/h12-17,20H,3-11H2,1-2H3,(H2,29,30,31,34);8-9H,1-7H2.